The first-order valence-electron chi connectivity index (χ1n) is 4.04. The first kappa shape index (κ1) is 10.5. The fourth-order valence-electron chi connectivity index (χ4n) is 0.979. The highest BCUT2D eigenvalue weighted by atomic mass is 19.1. The van der Waals surface area contributed by atoms with Gasteiger partial charge in [-0.05, 0) is 18.2 Å². The van der Waals surface area contributed by atoms with Crippen LogP contribution in [0.2, 0.25) is 0 Å². The van der Waals surface area contributed by atoms with Crippen LogP contribution in [0.1, 0.15) is 10.4 Å². The van der Waals surface area contributed by atoms with Crippen molar-refractivity contribution in [3.05, 3.63) is 29.6 Å². The van der Waals surface area contributed by atoms with Crippen molar-refractivity contribution < 1.29 is 9.18 Å². The van der Waals surface area contributed by atoms with Gasteiger partial charge in [-0.15, -0.1) is 0 Å². The van der Waals surface area contributed by atoms with E-state index in [1.54, 1.807) is 14.1 Å². The summed E-state index contributed by atoms with van der Waals surface area (Å²) in [4.78, 5) is 11.4. The Kier molecular flexibility index (Phi) is 3.03. The Labute approximate surface area is 81.5 Å². The van der Waals surface area contributed by atoms with Gasteiger partial charge in [-0.2, -0.15) is 0 Å². The monoisotopic (exact) mass is 197 g/mol. The Morgan fingerprint density at radius 2 is 2.14 bits per heavy atom. The summed E-state index contributed by atoms with van der Waals surface area (Å²) in [5, 5.41) is 1.44. The Balaban J connectivity index is 2.90. The van der Waals surface area contributed by atoms with E-state index in [0.29, 0.717) is 5.69 Å². The summed E-state index contributed by atoms with van der Waals surface area (Å²) < 4.78 is 13.2. The van der Waals surface area contributed by atoms with Gasteiger partial charge in [-0.1, -0.05) is 0 Å². The van der Waals surface area contributed by atoms with Crippen LogP contribution >= 0.6 is 0 Å². The first-order chi connectivity index (χ1) is 6.50. The average Bonchev–Trinajstić information content (AvgIpc) is 2.01. The summed E-state index contributed by atoms with van der Waals surface area (Å²) in [6.07, 6.45) is 0. The molecule has 0 aliphatic heterocycles. The first-order valence-corrected chi connectivity index (χ1v) is 4.04. The minimum Gasteiger partial charge on any atom is -0.399 e. The van der Waals surface area contributed by atoms with Crippen molar-refractivity contribution in [3.63, 3.8) is 0 Å². The molecule has 4 nitrogen and oxygen atoms in total. The van der Waals surface area contributed by atoms with Gasteiger partial charge in [-0.3, -0.25) is 10.2 Å². The van der Waals surface area contributed by atoms with E-state index in [1.165, 1.54) is 17.1 Å². The maximum Gasteiger partial charge on any atom is 0.268 e. The van der Waals surface area contributed by atoms with Crippen LogP contribution in [0.4, 0.5) is 10.1 Å². The molecule has 0 spiro atoms. The maximum absolute atomic E-state index is 13.2. The molecule has 0 aliphatic carbocycles. The Hall–Kier alpha value is -1.62. The fraction of sp³-hybridized carbons (Fsp3) is 0.222. The molecule has 5 heteroatoms. The third kappa shape index (κ3) is 2.43. The molecule has 0 saturated heterocycles. The van der Waals surface area contributed by atoms with Gasteiger partial charge in [-0.25, -0.2) is 9.40 Å². The van der Waals surface area contributed by atoms with Crippen LogP contribution in [0.15, 0.2) is 18.2 Å². The lowest BCUT2D eigenvalue weighted by atomic mass is 10.2. The number of nitrogens with zero attached hydrogens (tertiary/aromatic N) is 1. The average molecular weight is 197 g/mol. The largest absolute Gasteiger partial charge is 0.399 e. The highest BCUT2D eigenvalue weighted by Gasteiger charge is 2.11. The Bertz CT molecular complexity index is 352. The van der Waals surface area contributed by atoms with Gasteiger partial charge in [0.05, 0.1) is 5.56 Å². The van der Waals surface area contributed by atoms with Crippen molar-refractivity contribution in [2.24, 2.45) is 0 Å². The van der Waals surface area contributed by atoms with Crippen LogP contribution in [0.25, 0.3) is 0 Å². The summed E-state index contributed by atoms with van der Waals surface area (Å²) in [6, 6.07) is 3.95. The highest BCUT2D eigenvalue weighted by molar-refractivity contribution is 5.94. The molecule has 0 aliphatic rings. The van der Waals surface area contributed by atoms with Gasteiger partial charge >= 0.3 is 0 Å². The Morgan fingerprint density at radius 3 is 2.64 bits per heavy atom. The molecule has 0 heterocycles. The third-order valence-electron chi connectivity index (χ3n) is 1.56. The van der Waals surface area contributed by atoms with Crippen LogP contribution in [0, 0.1) is 5.82 Å². The lowest BCUT2D eigenvalue weighted by Gasteiger charge is -2.12. The van der Waals surface area contributed by atoms with Crippen LogP contribution in [0.3, 0.4) is 0 Å². The van der Waals surface area contributed by atoms with Crippen molar-refractivity contribution in [2.75, 3.05) is 19.8 Å². The molecule has 76 valence electrons. The Morgan fingerprint density at radius 1 is 1.50 bits per heavy atom. The second-order valence-electron chi connectivity index (χ2n) is 3.07. The van der Waals surface area contributed by atoms with E-state index >= 15 is 0 Å². The van der Waals surface area contributed by atoms with Gasteiger partial charge in [0.25, 0.3) is 5.91 Å². The van der Waals surface area contributed by atoms with Crippen LogP contribution in [-0.4, -0.2) is 25.0 Å². The smallest absolute Gasteiger partial charge is 0.268 e. The number of carbonyl (C=O) groups excluding carboxylic acids is 1. The minimum absolute atomic E-state index is 0.0205. The zero-order valence-corrected chi connectivity index (χ0v) is 8.04. The summed E-state index contributed by atoms with van der Waals surface area (Å²) in [7, 11) is 3.29. The molecule has 1 rings (SSSR count). The predicted molar refractivity (Wildman–Crippen MR) is 52.0 cm³/mol. The zero-order chi connectivity index (χ0) is 10.7. The molecular weight excluding hydrogens is 185 g/mol. The molecule has 0 saturated carbocycles. The van der Waals surface area contributed by atoms with Crippen LogP contribution in [-0.2, 0) is 0 Å². The van der Waals surface area contributed by atoms with Crippen LogP contribution < -0.4 is 11.2 Å². The number of carbonyl (C=O) groups is 1. The SMILES string of the molecule is CN(C)NC(=O)c1ccc(N)cc1F. The molecule has 0 atom stereocenters. The molecule has 0 aromatic heterocycles. The zero-order valence-electron chi connectivity index (χ0n) is 8.04. The molecule has 0 bridgehead atoms. The number of amides is 1. The lowest BCUT2D eigenvalue weighted by Crippen LogP contribution is -2.36. The summed E-state index contributed by atoms with van der Waals surface area (Å²) >= 11 is 0. The van der Waals surface area contributed by atoms with Crippen molar-refractivity contribution in [3.8, 4) is 0 Å². The van der Waals surface area contributed by atoms with E-state index in [9.17, 15) is 9.18 Å². The minimum atomic E-state index is -0.621. The molecule has 3 N–H and O–H groups in total. The maximum atomic E-state index is 13.2. The number of nitrogen functional groups attached to an aromatic ring is 1. The molecule has 1 amide bonds. The van der Waals surface area contributed by atoms with E-state index in [1.807, 2.05) is 0 Å². The number of hydrogen-bond donors (Lipinski definition) is 2. The number of nitrogens with two attached hydrogens (primary N) is 1. The molecular formula is C9H12FN3O. The molecule has 1 aromatic rings. The van der Waals surface area contributed by atoms with E-state index in [-0.39, 0.29) is 5.56 Å². The van der Waals surface area contributed by atoms with Crippen molar-refractivity contribution in [2.45, 2.75) is 0 Å². The molecule has 0 unspecified atom stereocenters. The fourth-order valence-corrected chi connectivity index (χ4v) is 0.979. The summed E-state index contributed by atoms with van der Waals surface area (Å²) in [5.74, 6) is -1.11. The van der Waals surface area contributed by atoms with E-state index in [4.69, 9.17) is 5.73 Å². The number of anilines is 1. The summed E-state index contributed by atoms with van der Waals surface area (Å²) in [6.45, 7) is 0. The van der Waals surface area contributed by atoms with Crippen molar-refractivity contribution >= 4 is 11.6 Å². The quantitative estimate of drug-likeness (QED) is 0.539. The predicted octanol–water partition coefficient (Wildman–Crippen LogP) is 0.614. The third-order valence-corrected chi connectivity index (χ3v) is 1.56. The molecule has 0 fully saturated rings. The molecule has 0 radical (unpaired) electrons. The van der Waals surface area contributed by atoms with E-state index in [0.717, 1.165) is 6.07 Å². The normalized spacial score (nSPS) is 10.3. The number of hydrazine groups is 1. The molecule has 1 aromatic carbocycles. The van der Waals surface area contributed by atoms with Crippen LogP contribution in [0.5, 0.6) is 0 Å². The number of rotatable bonds is 2. The standard InChI is InChI=1S/C9H12FN3O/c1-13(2)12-9(14)7-4-3-6(11)5-8(7)10/h3-5H,11H2,1-2H3,(H,12,14). The van der Waals surface area contributed by atoms with Gasteiger partial charge in [0.1, 0.15) is 5.82 Å². The van der Waals surface area contributed by atoms with Gasteiger partial charge in [0, 0.05) is 19.8 Å². The molecule has 14 heavy (non-hydrogen) atoms. The van der Waals surface area contributed by atoms with Gasteiger partial charge in [0.15, 0.2) is 0 Å². The number of hydrogen-bond acceptors (Lipinski definition) is 3. The van der Waals surface area contributed by atoms with E-state index < -0.39 is 11.7 Å². The van der Waals surface area contributed by atoms with Gasteiger partial charge in [0.2, 0.25) is 0 Å². The van der Waals surface area contributed by atoms with Gasteiger partial charge < -0.3 is 5.73 Å². The second-order valence-corrected chi connectivity index (χ2v) is 3.07. The lowest BCUT2D eigenvalue weighted by molar-refractivity contribution is 0.0852. The highest BCUT2D eigenvalue weighted by Crippen LogP contribution is 2.11. The topological polar surface area (TPSA) is 58.4 Å². The van der Waals surface area contributed by atoms with Crippen molar-refractivity contribution in [1.82, 2.24) is 10.4 Å². The number of halogens is 1. The number of nitrogens with one attached hydrogen (secondary N) is 1. The van der Waals surface area contributed by atoms with E-state index in [2.05, 4.69) is 5.43 Å². The number of benzene rings is 1. The second kappa shape index (κ2) is 4.06. The van der Waals surface area contributed by atoms with Crippen molar-refractivity contribution in [1.29, 1.82) is 0 Å². The summed E-state index contributed by atoms with van der Waals surface area (Å²) in [5.41, 5.74) is 8.05.